The van der Waals surface area contributed by atoms with Gasteiger partial charge in [-0.2, -0.15) is 0 Å². The predicted molar refractivity (Wildman–Crippen MR) is 73.7 cm³/mol. The maximum atomic E-state index is 11.9. The Balaban J connectivity index is 2.27. The molecule has 0 saturated carbocycles. The van der Waals surface area contributed by atoms with E-state index in [0.717, 1.165) is 12.1 Å². The molecular weight excluding hydrogens is 264 g/mol. The van der Waals surface area contributed by atoms with Crippen LogP contribution < -0.4 is 5.32 Å². The number of hydrogen-bond acceptors (Lipinski definition) is 3. The third-order valence-electron chi connectivity index (χ3n) is 2.72. The van der Waals surface area contributed by atoms with Crippen LogP contribution >= 0.6 is 11.6 Å². The first-order valence-corrected chi connectivity index (χ1v) is 6.47. The number of nitrogens with one attached hydrogen (secondary N) is 1. The first kappa shape index (κ1) is 13.5. The van der Waals surface area contributed by atoms with Crippen molar-refractivity contribution in [3.8, 4) is 5.69 Å². The van der Waals surface area contributed by atoms with E-state index >= 15 is 0 Å². The zero-order valence-electron chi connectivity index (χ0n) is 10.9. The van der Waals surface area contributed by atoms with Crippen LogP contribution in [0.25, 0.3) is 5.69 Å². The van der Waals surface area contributed by atoms with Crippen LogP contribution in [0, 0.1) is 6.92 Å². The third kappa shape index (κ3) is 2.93. The molecule has 0 radical (unpaired) electrons. The molecule has 2 aromatic rings. The van der Waals surface area contributed by atoms with Crippen molar-refractivity contribution in [2.75, 3.05) is 6.54 Å². The van der Waals surface area contributed by atoms with Gasteiger partial charge in [-0.05, 0) is 37.6 Å². The molecule has 1 amide bonds. The molecule has 1 aromatic carbocycles. The van der Waals surface area contributed by atoms with E-state index in [0.29, 0.717) is 23.0 Å². The van der Waals surface area contributed by atoms with Gasteiger partial charge in [0.2, 0.25) is 0 Å². The number of nitrogens with zero attached hydrogens (tertiary/aromatic N) is 3. The summed E-state index contributed by atoms with van der Waals surface area (Å²) in [6, 6.07) is 7.21. The lowest BCUT2D eigenvalue weighted by Gasteiger charge is -2.04. The van der Waals surface area contributed by atoms with Gasteiger partial charge in [0, 0.05) is 11.6 Å². The molecule has 0 aliphatic carbocycles. The Morgan fingerprint density at radius 2 is 2.05 bits per heavy atom. The fourth-order valence-corrected chi connectivity index (χ4v) is 1.81. The number of carbonyl (C=O) groups is 1. The lowest BCUT2D eigenvalue weighted by atomic mass is 10.3. The molecule has 19 heavy (non-hydrogen) atoms. The Labute approximate surface area is 116 Å². The summed E-state index contributed by atoms with van der Waals surface area (Å²) < 4.78 is 1.62. The van der Waals surface area contributed by atoms with E-state index in [1.54, 1.807) is 16.8 Å². The van der Waals surface area contributed by atoms with Gasteiger partial charge in [-0.3, -0.25) is 4.79 Å². The second kappa shape index (κ2) is 5.84. The average molecular weight is 279 g/mol. The quantitative estimate of drug-likeness (QED) is 0.934. The van der Waals surface area contributed by atoms with Gasteiger partial charge < -0.3 is 5.32 Å². The van der Waals surface area contributed by atoms with E-state index in [1.807, 2.05) is 26.0 Å². The van der Waals surface area contributed by atoms with Gasteiger partial charge in [0.05, 0.1) is 11.4 Å². The summed E-state index contributed by atoms with van der Waals surface area (Å²) in [6.07, 6.45) is 0.885. The number of amides is 1. The highest BCUT2D eigenvalue weighted by Crippen LogP contribution is 2.15. The number of carbonyl (C=O) groups excluding carboxylic acids is 1. The summed E-state index contributed by atoms with van der Waals surface area (Å²) in [5.41, 5.74) is 1.88. The summed E-state index contributed by atoms with van der Waals surface area (Å²) in [7, 11) is 0. The lowest BCUT2D eigenvalue weighted by Crippen LogP contribution is -2.25. The monoisotopic (exact) mass is 278 g/mol. The summed E-state index contributed by atoms with van der Waals surface area (Å²) in [4.78, 5) is 11.9. The molecule has 100 valence electrons. The Bertz CT molecular complexity index is 577. The molecule has 6 heteroatoms. The van der Waals surface area contributed by atoms with Crippen molar-refractivity contribution in [3.05, 3.63) is 40.7 Å². The Morgan fingerprint density at radius 1 is 1.37 bits per heavy atom. The SMILES string of the molecule is CCCNC(=O)c1nnn(-c2ccc(Cl)cc2)c1C. The Hall–Kier alpha value is -1.88. The smallest absolute Gasteiger partial charge is 0.273 e. The molecule has 0 saturated heterocycles. The fraction of sp³-hybridized carbons (Fsp3) is 0.308. The molecule has 1 aromatic heterocycles. The summed E-state index contributed by atoms with van der Waals surface area (Å²) in [6.45, 7) is 4.44. The molecular formula is C13H15ClN4O. The minimum absolute atomic E-state index is 0.195. The van der Waals surface area contributed by atoms with Crippen LogP contribution in [0.3, 0.4) is 0 Å². The van der Waals surface area contributed by atoms with Gasteiger partial charge >= 0.3 is 0 Å². The molecule has 0 spiro atoms. The minimum atomic E-state index is -0.195. The van der Waals surface area contributed by atoms with Gasteiger partial charge in [0.25, 0.3) is 5.91 Å². The van der Waals surface area contributed by atoms with E-state index in [1.165, 1.54) is 0 Å². The molecule has 0 bridgehead atoms. The van der Waals surface area contributed by atoms with Gasteiger partial charge in [0.15, 0.2) is 5.69 Å². The maximum Gasteiger partial charge on any atom is 0.273 e. The van der Waals surface area contributed by atoms with Crippen LogP contribution in [0.5, 0.6) is 0 Å². The van der Waals surface area contributed by atoms with Crippen LogP contribution in [0.4, 0.5) is 0 Å². The van der Waals surface area contributed by atoms with Crippen molar-refractivity contribution in [2.45, 2.75) is 20.3 Å². The molecule has 0 unspecified atom stereocenters. The van der Waals surface area contributed by atoms with Gasteiger partial charge in [-0.15, -0.1) is 5.10 Å². The van der Waals surface area contributed by atoms with Crippen LogP contribution in [0.1, 0.15) is 29.5 Å². The van der Waals surface area contributed by atoms with Crippen molar-refractivity contribution in [1.82, 2.24) is 20.3 Å². The van der Waals surface area contributed by atoms with Crippen LogP contribution in [0.2, 0.25) is 5.02 Å². The summed E-state index contributed by atoms with van der Waals surface area (Å²) in [5.74, 6) is -0.195. The van der Waals surface area contributed by atoms with E-state index in [-0.39, 0.29) is 5.91 Å². The van der Waals surface area contributed by atoms with E-state index in [2.05, 4.69) is 15.6 Å². The zero-order valence-corrected chi connectivity index (χ0v) is 11.6. The molecule has 0 fully saturated rings. The normalized spacial score (nSPS) is 10.5. The predicted octanol–water partition coefficient (Wildman–Crippen LogP) is 2.37. The highest BCUT2D eigenvalue weighted by atomic mass is 35.5. The molecule has 1 N–H and O–H groups in total. The molecule has 0 aliphatic heterocycles. The number of aromatic nitrogens is 3. The number of rotatable bonds is 4. The van der Waals surface area contributed by atoms with E-state index in [9.17, 15) is 4.79 Å². The Kier molecular flexibility index (Phi) is 4.16. The molecule has 0 aliphatic rings. The van der Waals surface area contributed by atoms with E-state index in [4.69, 9.17) is 11.6 Å². The second-order valence-electron chi connectivity index (χ2n) is 4.17. The van der Waals surface area contributed by atoms with E-state index < -0.39 is 0 Å². The fourth-order valence-electron chi connectivity index (χ4n) is 1.69. The van der Waals surface area contributed by atoms with Gasteiger partial charge in [-0.1, -0.05) is 23.7 Å². The average Bonchev–Trinajstić information content (AvgIpc) is 2.79. The number of benzene rings is 1. The molecule has 0 atom stereocenters. The summed E-state index contributed by atoms with van der Waals surface area (Å²) in [5, 5.41) is 11.4. The third-order valence-corrected chi connectivity index (χ3v) is 2.97. The van der Waals surface area contributed by atoms with Crippen molar-refractivity contribution in [2.24, 2.45) is 0 Å². The highest BCUT2D eigenvalue weighted by molar-refractivity contribution is 6.30. The number of halogens is 1. The molecule has 5 nitrogen and oxygen atoms in total. The highest BCUT2D eigenvalue weighted by Gasteiger charge is 2.16. The maximum absolute atomic E-state index is 11.9. The second-order valence-corrected chi connectivity index (χ2v) is 4.60. The van der Waals surface area contributed by atoms with Gasteiger partial charge in [0.1, 0.15) is 0 Å². The molecule has 1 heterocycles. The zero-order chi connectivity index (χ0) is 13.8. The first-order valence-electron chi connectivity index (χ1n) is 6.10. The largest absolute Gasteiger partial charge is 0.351 e. The van der Waals surface area contributed by atoms with Crippen LogP contribution in [-0.2, 0) is 0 Å². The summed E-state index contributed by atoms with van der Waals surface area (Å²) >= 11 is 5.84. The first-order chi connectivity index (χ1) is 9.13. The topological polar surface area (TPSA) is 59.8 Å². The standard InChI is InChI=1S/C13H15ClN4O/c1-3-8-15-13(19)12-9(2)18(17-16-12)11-6-4-10(14)5-7-11/h4-7H,3,8H2,1-2H3,(H,15,19). The van der Waals surface area contributed by atoms with Gasteiger partial charge in [-0.25, -0.2) is 4.68 Å². The van der Waals surface area contributed by atoms with Crippen molar-refractivity contribution < 1.29 is 4.79 Å². The Morgan fingerprint density at radius 3 is 2.68 bits per heavy atom. The lowest BCUT2D eigenvalue weighted by molar-refractivity contribution is 0.0948. The van der Waals surface area contributed by atoms with Crippen LogP contribution in [0.15, 0.2) is 24.3 Å². The van der Waals surface area contributed by atoms with Crippen molar-refractivity contribution >= 4 is 17.5 Å². The molecule has 2 rings (SSSR count). The van der Waals surface area contributed by atoms with Crippen molar-refractivity contribution in [3.63, 3.8) is 0 Å². The number of hydrogen-bond donors (Lipinski definition) is 1. The minimum Gasteiger partial charge on any atom is -0.351 e. The van der Waals surface area contributed by atoms with Crippen molar-refractivity contribution in [1.29, 1.82) is 0 Å². The van der Waals surface area contributed by atoms with Crippen LogP contribution in [-0.4, -0.2) is 27.4 Å².